The van der Waals surface area contributed by atoms with Crippen LogP contribution in [0.3, 0.4) is 0 Å². The molecule has 1 heteroatoms. The van der Waals surface area contributed by atoms with Gasteiger partial charge in [-0.2, -0.15) is 0 Å². The van der Waals surface area contributed by atoms with Crippen molar-refractivity contribution in [3.8, 4) is 0 Å². The zero-order valence-electron chi connectivity index (χ0n) is 4.22. The van der Waals surface area contributed by atoms with E-state index in [1.807, 2.05) is 12.2 Å². The summed E-state index contributed by atoms with van der Waals surface area (Å²) in [4.78, 5) is 0. The van der Waals surface area contributed by atoms with Crippen LogP contribution in [0.15, 0.2) is 17.9 Å². The maximum absolute atomic E-state index is 5.34. The molecule has 1 nitrogen and oxygen atoms in total. The Labute approximate surface area is 43.5 Å². The van der Waals surface area contributed by atoms with Gasteiger partial charge in [0.15, 0.2) is 0 Å². The highest BCUT2D eigenvalue weighted by Crippen LogP contribution is 2.07. The summed E-state index contributed by atoms with van der Waals surface area (Å²) in [5.74, 6) is 0.583. The number of rotatable bonds is 1. The lowest BCUT2D eigenvalue weighted by Crippen LogP contribution is -2.08. The van der Waals surface area contributed by atoms with Crippen LogP contribution in [0, 0.1) is 5.92 Å². The van der Waals surface area contributed by atoms with E-state index in [1.54, 1.807) is 0 Å². The Kier molecular flexibility index (Phi) is 1.30. The topological polar surface area (TPSA) is 26.0 Å². The van der Waals surface area contributed by atoms with Crippen LogP contribution in [0.1, 0.15) is 6.42 Å². The van der Waals surface area contributed by atoms with Crippen LogP contribution in [-0.4, -0.2) is 6.54 Å². The molecule has 0 bridgehead atoms. The van der Waals surface area contributed by atoms with E-state index in [-0.39, 0.29) is 0 Å². The normalized spacial score (nSPS) is 26.7. The molecule has 7 heavy (non-hydrogen) atoms. The van der Waals surface area contributed by atoms with E-state index >= 15 is 0 Å². The van der Waals surface area contributed by atoms with Gasteiger partial charge < -0.3 is 5.73 Å². The second kappa shape index (κ2) is 1.97. The molecule has 1 unspecified atom stereocenters. The highest BCUT2D eigenvalue weighted by Gasteiger charge is 2.00. The van der Waals surface area contributed by atoms with E-state index in [2.05, 4.69) is 5.73 Å². The third-order valence-electron chi connectivity index (χ3n) is 1.17. The minimum Gasteiger partial charge on any atom is -0.330 e. The van der Waals surface area contributed by atoms with Crippen molar-refractivity contribution in [1.29, 1.82) is 0 Å². The molecule has 1 rings (SSSR count). The van der Waals surface area contributed by atoms with Gasteiger partial charge in [-0.1, -0.05) is 0 Å². The Bertz CT molecular complexity index is 109. The summed E-state index contributed by atoms with van der Waals surface area (Å²) in [7, 11) is 0. The third kappa shape index (κ3) is 0.923. The van der Waals surface area contributed by atoms with Crippen LogP contribution in [-0.2, 0) is 0 Å². The molecule has 0 aromatic heterocycles. The predicted molar refractivity (Wildman–Crippen MR) is 29.8 cm³/mol. The van der Waals surface area contributed by atoms with Gasteiger partial charge in [0.2, 0.25) is 0 Å². The zero-order chi connectivity index (χ0) is 5.11. The second-order valence-corrected chi connectivity index (χ2v) is 1.77. The van der Waals surface area contributed by atoms with E-state index in [0.29, 0.717) is 5.92 Å². The van der Waals surface area contributed by atoms with Gasteiger partial charge >= 0.3 is 0 Å². The monoisotopic (exact) mass is 95.1 g/mol. The quantitative estimate of drug-likeness (QED) is 0.476. The molecule has 0 spiro atoms. The van der Waals surface area contributed by atoms with E-state index in [9.17, 15) is 0 Å². The van der Waals surface area contributed by atoms with E-state index in [0.717, 1.165) is 13.0 Å². The molecule has 1 atom stereocenters. The van der Waals surface area contributed by atoms with Crippen LogP contribution in [0.2, 0.25) is 0 Å². The van der Waals surface area contributed by atoms with Crippen molar-refractivity contribution in [1.82, 2.24) is 0 Å². The zero-order valence-corrected chi connectivity index (χ0v) is 4.22. The molecule has 0 saturated carbocycles. The average Bonchev–Trinajstić information content (AvgIpc) is 2.14. The summed E-state index contributed by atoms with van der Waals surface area (Å²) in [6.45, 7) is 0.767. The van der Waals surface area contributed by atoms with E-state index < -0.39 is 0 Å². The van der Waals surface area contributed by atoms with Crippen molar-refractivity contribution in [2.75, 3.05) is 6.54 Å². The van der Waals surface area contributed by atoms with Crippen molar-refractivity contribution in [2.24, 2.45) is 11.7 Å². The molecule has 0 saturated heterocycles. The molecule has 1 aliphatic carbocycles. The van der Waals surface area contributed by atoms with Crippen LogP contribution in [0.5, 0.6) is 0 Å². The predicted octanol–water partition coefficient (Wildman–Crippen LogP) is 0.676. The maximum Gasteiger partial charge on any atom is 0.000615 e. The molecule has 0 fully saturated rings. The first-order valence-corrected chi connectivity index (χ1v) is 2.54. The van der Waals surface area contributed by atoms with Gasteiger partial charge in [0.1, 0.15) is 0 Å². The number of nitrogens with two attached hydrogens (primary N) is 1. The van der Waals surface area contributed by atoms with Gasteiger partial charge in [-0.15, -0.1) is 5.73 Å². The Hall–Kier alpha value is -0.520. The van der Waals surface area contributed by atoms with Crippen LogP contribution >= 0.6 is 0 Å². The Morgan fingerprint density at radius 3 is 3.00 bits per heavy atom. The molecule has 0 aliphatic heterocycles. The standard InChI is InChI=1S/C6H9N/c7-5-6-3-1-2-4-6/h1,4,6H,3,5,7H2. The molecule has 1 aliphatic rings. The highest BCUT2D eigenvalue weighted by molar-refractivity contribution is 5.00. The van der Waals surface area contributed by atoms with Crippen molar-refractivity contribution < 1.29 is 0 Å². The van der Waals surface area contributed by atoms with Crippen molar-refractivity contribution in [2.45, 2.75) is 6.42 Å². The Balaban J connectivity index is 2.37. The average molecular weight is 95.1 g/mol. The molecule has 0 amide bonds. The molecule has 0 aromatic rings. The fraction of sp³-hybridized carbons (Fsp3) is 0.500. The highest BCUT2D eigenvalue weighted by atomic mass is 14.5. The lowest BCUT2D eigenvalue weighted by molar-refractivity contribution is 0.691. The number of hydrogen-bond acceptors (Lipinski definition) is 1. The summed E-state index contributed by atoms with van der Waals surface area (Å²) >= 11 is 0. The molecule has 0 heterocycles. The summed E-state index contributed by atoms with van der Waals surface area (Å²) < 4.78 is 0. The van der Waals surface area contributed by atoms with Crippen molar-refractivity contribution >= 4 is 0 Å². The first kappa shape index (κ1) is 4.63. The molecule has 0 radical (unpaired) electrons. The van der Waals surface area contributed by atoms with Crippen LogP contribution in [0.25, 0.3) is 0 Å². The summed E-state index contributed by atoms with van der Waals surface area (Å²) in [5.41, 5.74) is 8.34. The summed E-state index contributed by atoms with van der Waals surface area (Å²) in [6.07, 6.45) is 5.15. The van der Waals surface area contributed by atoms with Crippen LogP contribution in [0.4, 0.5) is 0 Å². The number of hydrogen-bond donors (Lipinski definition) is 1. The van der Waals surface area contributed by atoms with Gasteiger partial charge in [-0.25, -0.2) is 0 Å². The van der Waals surface area contributed by atoms with Crippen molar-refractivity contribution in [3.05, 3.63) is 17.9 Å². The van der Waals surface area contributed by atoms with E-state index in [1.165, 1.54) is 0 Å². The lowest BCUT2D eigenvalue weighted by Gasteiger charge is -1.97. The molecule has 0 aromatic carbocycles. The van der Waals surface area contributed by atoms with Crippen molar-refractivity contribution in [3.63, 3.8) is 0 Å². The Morgan fingerprint density at radius 1 is 1.86 bits per heavy atom. The molecule has 2 N–H and O–H groups in total. The smallest absolute Gasteiger partial charge is 0.000615 e. The Morgan fingerprint density at radius 2 is 2.71 bits per heavy atom. The first-order chi connectivity index (χ1) is 3.43. The lowest BCUT2D eigenvalue weighted by atomic mass is 10.1. The van der Waals surface area contributed by atoms with E-state index in [4.69, 9.17) is 5.73 Å². The van der Waals surface area contributed by atoms with Gasteiger partial charge in [0, 0.05) is 5.92 Å². The second-order valence-electron chi connectivity index (χ2n) is 1.77. The van der Waals surface area contributed by atoms with Gasteiger partial charge in [-0.05, 0) is 25.1 Å². The third-order valence-corrected chi connectivity index (χ3v) is 1.17. The fourth-order valence-corrected chi connectivity index (χ4v) is 0.656. The van der Waals surface area contributed by atoms with Gasteiger partial charge in [-0.3, -0.25) is 0 Å². The molecular formula is C6H9N. The van der Waals surface area contributed by atoms with Gasteiger partial charge in [0.05, 0.1) is 0 Å². The van der Waals surface area contributed by atoms with Crippen LogP contribution < -0.4 is 5.73 Å². The first-order valence-electron chi connectivity index (χ1n) is 2.54. The minimum absolute atomic E-state index is 0.583. The maximum atomic E-state index is 5.34. The van der Waals surface area contributed by atoms with Gasteiger partial charge in [0.25, 0.3) is 0 Å². The molecular weight excluding hydrogens is 86.1 g/mol. The fourth-order valence-electron chi connectivity index (χ4n) is 0.656. The summed E-state index contributed by atoms with van der Waals surface area (Å²) in [6, 6.07) is 0. The largest absolute Gasteiger partial charge is 0.330 e. The SMILES string of the molecule is NCC1C=C=CC1. The molecule has 38 valence electrons. The summed E-state index contributed by atoms with van der Waals surface area (Å²) in [5, 5.41) is 0. The minimum atomic E-state index is 0.583.